The van der Waals surface area contributed by atoms with Gasteiger partial charge in [-0.3, -0.25) is 0 Å². The van der Waals surface area contributed by atoms with E-state index in [9.17, 15) is 0 Å². The third-order valence-electron chi connectivity index (χ3n) is 5.79. The summed E-state index contributed by atoms with van der Waals surface area (Å²) in [6, 6.07) is 8.84. The van der Waals surface area contributed by atoms with Crippen molar-refractivity contribution in [2.24, 2.45) is 11.8 Å². The first kappa shape index (κ1) is 24.4. The Morgan fingerprint density at radius 1 is 0.758 bits per heavy atom. The number of rotatable bonds is 12. The van der Waals surface area contributed by atoms with E-state index < -0.39 is 0 Å². The van der Waals surface area contributed by atoms with Gasteiger partial charge >= 0.3 is 0 Å². The predicted molar refractivity (Wildman–Crippen MR) is 134 cm³/mol. The van der Waals surface area contributed by atoms with Gasteiger partial charge in [0.25, 0.3) is 0 Å². The highest BCUT2D eigenvalue weighted by Crippen LogP contribution is 2.42. The Morgan fingerprint density at radius 3 is 1.48 bits per heavy atom. The molecule has 2 aromatic rings. The lowest BCUT2D eigenvalue weighted by atomic mass is 10.0. The van der Waals surface area contributed by atoms with E-state index in [-0.39, 0.29) is 12.2 Å². The first-order chi connectivity index (χ1) is 15.8. The SMILES string of the molecule is Cc1cc(OCC2CO2)cc(CC(C)C)c1Sc1c(C)cc(OCC2CO2)cc1CC(C)C. The molecule has 0 aliphatic carbocycles. The van der Waals surface area contributed by atoms with E-state index >= 15 is 0 Å². The van der Waals surface area contributed by atoms with Gasteiger partial charge < -0.3 is 18.9 Å². The molecule has 4 rings (SSSR count). The molecule has 2 saturated heterocycles. The minimum atomic E-state index is 0.265. The van der Waals surface area contributed by atoms with Gasteiger partial charge in [-0.25, -0.2) is 0 Å². The fourth-order valence-corrected chi connectivity index (χ4v) is 5.26. The van der Waals surface area contributed by atoms with E-state index in [4.69, 9.17) is 18.9 Å². The molecular weight excluding hydrogens is 432 g/mol. The van der Waals surface area contributed by atoms with Crippen molar-refractivity contribution in [3.63, 3.8) is 0 Å². The smallest absolute Gasteiger partial charge is 0.120 e. The second kappa shape index (κ2) is 10.7. The van der Waals surface area contributed by atoms with Gasteiger partial charge in [0.05, 0.1) is 13.2 Å². The molecule has 0 bridgehead atoms. The standard InChI is InChI=1S/C28H38O4S/c1-17(2)7-21-11-23(29-13-25-15-31-25)9-19(5)27(21)33-28-20(6)10-24(30-14-26-16-32-26)12-22(28)8-18(3)4/h9-12,17-18,25-26H,7-8,13-16H2,1-6H3. The number of benzene rings is 2. The van der Waals surface area contributed by atoms with Crippen LogP contribution in [-0.2, 0) is 22.3 Å². The molecule has 2 atom stereocenters. The summed E-state index contributed by atoms with van der Waals surface area (Å²) in [5.41, 5.74) is 5.27. The molecule has 2 aliphatic rings. The van der Waals surface area contributed by atoms with E-state index in [1.54, 1.807) is 0 Å². The quantitative estimate of drug-likeness (QED) is 0.336. The van der Waals surface area contributed by atoms with Crippen LogP contribution in [-0.4, -0.2) is 38.6 Å². The van der Waals surface area contributed by atoms with Gasteiger partial charge in [-0.2, -0.15) is 0 Å². The van der Waals surface area contributed by atoms with Crippen LogP contribution in [0, 0.1) is 25.7 Å². The molecule has 0 spiro atoms. The minimum absolute atomic E-state index is 0.265. The van der Waals surface area contributed by atoms with E-state index in [0.717, 1.165) is 37.6 Å². The van der Waals surface area contributed by atoms with Crippen LogP contribution < -0.4 is 9.47 Å². The lowest BCUT2D eigenvalue weighted by Gasteiger charge is -2.21. The fourth-order valence-electron chi connectivity index (χ4n) is 4.07. The Hall–Kier alpha value is -1.69. The number of aryl methyl sites for hydroxylation is 2. The Balaban J connectivity index is 1.63. The molecular formula is C28H38O4S. The summed E-state index contributed by atoms with van der Waals surface area (Å²) in [4.78, 5) is 2.71. The summed E-state index contributed by atoms with van der Waals surface area (Å²) in [6.07, 6.45) is 2.59. The van der Waals surface area contributed by atoms with Gasteiger partial charge in [-0.15, -0.1) is 0 Å². The summed E-state index contributed by atoms with van der Waals surface area (Å²) in [6.45, 7) is 16.4. The molecule has 2 fully saturated rings. The Bertz CT molecular complexity index is 883. The first-order valence-corrected chi connectivity index (χ1v) is 13.0. The van der Waals surface area contributed by atoms with Gasteiger partial charge in [0, 0.05) is 9.79 Å². The monoisotopic (exact) mass is 470 g/mol. The van der Waals surface area contributed by atoms with Gasteiger partial charge in [0.1, 0.15) is 36.9 Å². The van der Waals surface area contributed by atoms with Gasteiger partial charge in [-0.05, 0) is 85.0 Å². The van der Waals surface area contributed by atoms with Crippen LogP contribution in [0.25, 0.3) is 0 Å². The van der Waals surface area contributed by atoms with E-state index in [1.165, 1.54) is 32.0 Å². The third kappa shape index (κ3) is 7.14. The zero-order valence-electron chi connectivity index (χ0n) is 20.9. The van der Waals surface area contributed by atoms with Crippen molar-refractivity contribution >= 4 is 11.8 Å². The maximum atomic E-state index is 6.04. The molecule has 33 heavy (non-hydrogen) atoms. The Labute approximate surface area is 203 Å². The lowest BCUT2D eigenvalue weighted by Crippen LogP contribution is -2.07. The molecule has 0 aromatic heterocycles. The molecule has 0 amide bonds. The van der Waals surface area contributed by atoms with Crippen LogP contribution in [0.15, 0.2) is 34.1 Å². The molecule has 0 saturated carbocycles. The van der Waals surface area contributed by atoms with Crippen LogP contribution in [0.5, 0.6) is 11.5 Å². The normalized spacial score (nSPS) is 19.3. The molecule has 2 unspecified atom stereocenters. The Kier molecular flexibility index (Phi) is 7.93. The maximum absolute atomic E-state index is 6.04. The van der Waals surface area contributed by atoms with Crippen LogP contribution in [0.3, 0.4) is 0 Å². The van der Waals surface area contributed by atoms with Crippen LogP contribution in [0.2, 0.25) is 0 Å². The highest BCUT2D eigenvalue weighted by atomic mass is 32.2. The summed E-state index contributed by atoms with van der Waals surface area (Å²) in [5, 5.41) is 0. The van der Waals surface area contributed by atoms with Gasteiger partial charge in [0.15, 0.2) is 0 Å². The highest BCUT2D eigenvalue weighted by molar-refractivity contribution is 7.99. The van der Waals surface area contributed by atoms with Crippen molar-refractivity contribution in [2.75, 3.05) is 26.4 Å². The number of hydrogen-bond donors (Lipinski definition) is 0. The van der Waals surface area contributed by atoms with Crippen molar-refractivity contribution in [1.82, 2.24) is 0 Å². The van der Waals surface area contributed by atoms with Crippen LogP contribution in [0.1, 0.15) is 49.9 Å². The molecule has 0 N–H and O–H groups in total. The van der Waals surface area contributed by atoms with E-state index in [2.05, 4.69) is 65.8 Å². The number of ether oxygens (including phenoxy) is 4. The summed E-state index contributed by atoms with van der Waals surface area (Å²) in [5.74, 6) is 3.05. The van der Waals surface area contributed by atoms with Crippen molar-refractivity contribution in [3.8, 4) is 11.5 Å². The maximum Gasteiger partial charge on any atom is 0.120 e. The number of hydrogen-bond acceptors (Lipinski definition) is 5. The molecule has 180 valence electrons. The highest BCUT2D eigenvalue weighted by Gasteiger charge is 2.25. The fraction of sp³-hybridized carbons (Fsp3) is 0.571. The summed E-state index contributed by atoms with van der Waals surface area (Å²) >= 11 is 1.91. The van der Waals surface area contributed by atoms with Gasteiger partial charge in [0.2, 0.25) is 0 Å². The van der Waals surface area contributed by atoms with Crippen molar-refractivity contribution in [2.45, 2.75) is 76.4 Å². The largest absolute Gasteiger partial charge is 0.491 e. The van der Waals surface area contributed by atoms with Crippen LogP contribution in [0.4, 0.5) is 0 Å². The second-order valence-corrected chi connectivity index (χ2v) is 11.3. The van der Waals surface area contributed by atoms with Crippen molar-refractivity contribution in [3.05, 3.63) is 46.5 Å². The molecule has 2 heterocycles. The molecule has 5 heteroatoms. The topological polar surface area (TPSA) is 43.5 Å². The zero-order chi connectivity index (χ0) is 23.5. The minimum Gasteiger partial charge on any atom is -0.491 e. The number of epoxide rings is 2. The second-order valence-electron chi connectivity index (χ2n) is 10.3. The third-order valence-corrected chi connectivity index (χ3v) is 7.36. The molecule has 0 radical (unpaired) electrons. The van der Waals surface area contributed by atoms with E-state index in [1.807, 2.05) is 11.8 Å². The predicted octanol–water partition coefficient (Wildman–Crippen LogP) is 6.41. The lowest BCUT2D eigenvalue weighted by molar-refractivity contribution is 0.262. The average Bonchev–Trinajstić information content (AvgIpc) is 3.63. The van der Waals surface area contributed by atoms with E-state index in [0.29, 0.717) is 25.0 Å². The molecule has 2 aliphatic heterocycles. The summed E-state index contributed by atoms with van der Waals surface area (Å²) in [7, 11) is 0. The Morgan fingerprint density at radius 2 is 1.15 bits per heavy atom. The van der Waals surface area contributed by atoms with Gasteiger partial charge in [-0.1, -0.05) is 39.5 Å². The molecule has 2 aromatic carbocycles. The zero-order valence-corrected chi connectivity index (χ0v) is 21.7. The molecule has 4 nitrogen and oxygen atoms in total. The van der Waals surface area contributed by atoms with Crippen LogP contribution >= 0.6 is 11.8 Å². The first-order valence-electron chi connectivity index (χ1n) is 12.2. The average molecular weight is 471 g/mol. The van der Waals surface area contributed by atoms with Crippen molar-refractivity contribution in [1.29, 1.82) is 0 Å². The van der Waals surface area contributed by atoms with Crippen molar-refractivity contribution < 1.29 is 18.9 Å². The summed E-state index contributed by atoms with van der Waals surface area (Å²) < 4.78 is 22.7.